The Balaban J connectivity index is 1.64. The van der Waals surface area contributed by atoms with Crippen molar-refractivity contribution in [2.24, 2.45) is 0 Å². The van der Waals surface area contributed by atoms with Crippen LogP contribution in [0, 0.1) is 0 Å². The lowest BCUT2D eigenvalue weighted by Gasteiger charge is -2.31. The molecule has 0 aliphatic carbocycles. The van der Waals surface area contributed by atoms with E-state index in [9.17, 15) is 9.90 Å². The summed E-state index contributed by atoms with van der Waals surface area (Å²) in [7, 11) is 2.00. The summed E-state index contributed by atoms with van der Waals surface area (Å²) in [5, 5.41) is 9.47. The Morgan fingerprint density at radius 1 is 1.29 bits per heavy atom. The van der Waals surface area contributed by atoms with Crippen molar-refractivity contribution >= 4 is 5.91 Å². The van der Waals surface area contributed by atoms with E-state index >= 15 is 0 Å². The molecule has 0 unspecified atom stereocenters. The zero-order valence-corrected chi connectivity index (χ0v) is 12.9. The second-order valence-electron chi connectivity index (χ2n) is 5.94. The number of carbonyl (C=O) groups excluding carboxylic acids is 1. The molecule has 4 heteroatoms. The predicted octanol–water partition coefficient (Wildman–Crippen LogP) is 1.53. The summed E-state index contributed by atoms with van der Waals surface area (Å²) in [6, 6.07) is 10.4. The van der Waals surface area contributed by atoms with Gasteiger partial charge in [0.25, 0.3) is 0 Å². The molecule has 2 rings (SSSR count). The van der Waals surface area contributed by atoms with E-state index < -0.39 is 0 Å². The monoisotopic (exact) mass is 290 g/mol. The Bertz CT molecular complexity index is 428. The van der Waals surface area contributed by atoms with E-state index in [1.807, 2.05) is 18.0 Å². The topological polar surface area (TPSA) is 43.8 Å². The average molecular weight is 290 g/mol. The Morgan fingerprint density at radius 3 is 2.62 bits per heavy atom. The fraction of sp³-hybridized carbons (Fsp3) is 0.588. The molecule has 1 aromatic rings. The molecule has 1 aliphatic heterocycles. The minimum absolute atomic E-state index is 0.184. The quantitative estimate of drug-likeness (QED) is 0.864. The molecular formula is C17H26N2O2. The number of aryl methyl sites for hydroxylation is 1. The highest BCUT2D eigenvalue weighted by atomic mass is 16.3. The fourth-order valence-electron chi connectivity index (χ4n) is 2.72. The minimum atomic E-state index is -0.224. The van der Waals surface area contributed by atoms with Gasteiger partial charge in [-0.05, 0) is 44.8 Å². The highest BCUT2D eigenvalue weighted by Gasteiger charge is 2.21. The first-order chi connectivity index (χ1) is 10.1. The van der Waals surface area contributed by atoms with E-state index in [4.69, 9.17) is 0 Å². The first kappa shape index (κ1) is 16.0. The molecule has 1 amide bonds. The van der Waals surface area contributed by atoms with E-state index in [0.717, 1.165) is 19.4 Å². The van der Waals surface area contributed by atoms with Crippen LogP contribution < -0.4 is 0 Å². The van der Waals surface area contributed by atoms with Gasteiger partial charge in [0.1, 0.15) is 0 Å². The van der Waals surface area contributed by atoms with Crippen molar-refractivity contribution in [3.8, 4) is 0 Å². The summed E-state index contributed by atoms with van der Waals surface area (Å²) in [4.78, 5) is 16.1. The molecule has 116 valence electrons. The zero-order valence-electron chi connectivity index (χ0n) is 12.9. The lowest BCUT2D eigenvalue weighted by Crippen LogP contribution is -2.44. The third-order valence-corrected chi connectivity index (χ3v) is 4.07. The third-order valence-electron chi connectivity index (χ3n) is 4.07. The number of benzene rings is 1. The number of piperidine rings is 1. The molecule has 1 saturated heterocycles. The maximum Gasteiger partial charge on any atom is 0.236 e. The number of hydrogen-bond donors (Lipinski definition) is 1. The molecule has 4 nitrogen and oxygen atoms in total. The van der Waals surface area contributed by atoms with E-state index in [1.165, 1.54) is 5.56 Å². The van der Waals surface area contributed by atoms with E-state index in [1.54, 1.807) is 0 Å². The van der Waals surface area contributed by atoms with Gasteiger partial charge in [-0.1, -0.05) is 30.3 Å². The van der Waals surface area contributed by atoms with Crippen LogP contribution in [0.25, 0.3) is 0 Å². The van der Waals surface area contributed by atoms with Crippen LogP contribution in [0.1, 0.15) is 24.8 Å². The van der Waals surface area contributed by atoms with Crippen LogP contribution in [0.4, 0.5) is 0 Å². The Kier molecular flexibility index (Phi) is 6.21. The van der Waals surface area contributed by atoms with Crippen molar-refractivity contribution in [1.29, 1.82) is 0 Å². The summed E-state index contributed by atoms with van der Waals surface area (Å²) < 4.78 is 0. The summed E-state index contributed by atoms with van der Waals surface area (Å²) in [6.07, 6.45) is 3.31. The third kappa shape index (κ3) is 5.48. The largest absolute Gasteiger partial charge is 0.393 e. The molecule has 0 bridgehead atoms. The molecule has 1 heterocycles. The normalized spacial score (nSPS) is 16.4. The van der Waals surface area contributed by atoms with Crippen LogP contribution in [0.5, 0.6) is 0 Å². The number of aliphatic hydroxyl groups excluding tert-OH is 1. The molecule has 0 radical (unpaired) electrons. The number of likely N-dealkylation sites (tertiary alicyclic amines) is 1. The lowest BCUT2D eigenvalue weighted by molar-refractivity contribution is -0.134. The number of aliphatic hydroxyl groups is 1. The Labute approximate surface area is 127 Å². The van der Waals surface area contributed by atoms with Crippen LogP contribution in [0.3, 0.4) is 0 Å². The molecule has 0 atom stereocenters. The first-order valence-electron chi connectivity index (χ1n) is 7.83. The van der Waals surface area contributed by atoms with Gasteiger partial charge in [0.2, 0.25) is 5.91 Å². The van der Waals surface area contributed by atoms with Crippen molar-refractivity contribution in [3.63, 3.8) is 0 Å². The van der Waals surface area contributed by atoms with Gasteiger partial charge >= 0.3 is 0 Å². The Hall–Kier alpha value is -1.39. The number of amides is 1. The lowest BCUT2D eigenvalue weighted by atomic mass is 10.1. The SMILES string of the molecule is CN(CCCc1ccccc1)CC(=O)N1CCC(O)CC1. The van der Waals surface area contributed by atoms with E-state index in [-0.39, 0.29) is 12.0 Å². The maximum atomic E-state index is 12.2. The van der Waals surface area contributed by atoms with Crippen LogP contribution in [-0.4, -0.2) is 60.1 Å². The average Bonchev–Trinajstić information content (AvgIpc) is 2.49. The molecule has 0 saturated carbocycles. The molecule has 1 N–H and O–H groups in total. The van der Waals surface area contributed by atoms with Gasteiger partial charge in [-0.25, -0.2) is 0 Å². The van der Waals surface area contributed by atoms with Crippen molar-refractivity contribution in [1.82, 2.24) is 9.80 Å². The van der Waals surface area contributed by atoms with Crippen molar-refractivity contribution in [3.05, 3.63) is 35.9 Å². The summed E-state index contributed by atoms with van der Waals surface area (Å²) in [5.41, 5.74) is 1.35. The maximum absolute atomic E-state index is 12.2. The number of carbonyl (C=O) groups is 1. The minimum Gasteiger partial charge on any atom is -0.393 e. The van der Waals surface area contributed by atoms with Gasteiger partial charge in [-0.15, -0.1) is 0 Å². The zero-order chi connectivity index (χ0) is 15.1. The second kappa shape index (κ2) is 8.15. The van der Waals surface area contributed by atoms with Crippen LogP contribution in [0.15, 0.2) is 30.3 Å². The van der Waals surface area contributed by atoms with Gasteiger partial charge < -0.3 is 10.0 Å². The van der Waals surface area contributed by atoms with Gasteiger partial charge in [-0.2, -0.15) is 0 Å². The van der Waals surface area contributed by atoms with Crippen molar-refractivity contribution in [2.75, 3.05) is 33.2 Å². The molecule has 21 heavy (non-hydrogen) atoms. The fourth-order valence-corrected chi connectivity index (χ4v) is 2.72. The van der Waals surface area contributed by atoms with Gasteiger partial charge in [-0.3, -0.25) is 9.69 Å². The number of rotatable bonds is 6. The van der Waals surface area contributed by atoms with Crippen molar-refractivity contribution < 1.29 is 9.90 Å². The number of likely N-dealkylation sites (N-methyl/N-ethyl adjacent to an activating group) is 1. The molecular weight excluding hydrogens is 264 g/mol. The first-order valence-corrected chi connectivity index (χ1v) is 7.83. The standard InChI is InChI=1S/C17H26N2O2/c1-18(11-5-8-15-6-3-2-4-7-15)14-17(21)19-12-9-16(20)10-13-19/h2-4,6-7,16,20H,5,8-14H2,1H3. The summed E-state index contributed by atoms with van der Waals surface area (Å²) in [5.74, 6) is 0.184. The van der Waals surface area contributed by atoms with Gasteiger partial charge in [0, 0.05) is 13.1 Å². The van der Waals surface area contributed by atoms with Crippen LogP contribution in [-0.2, 0) is 11.2 Å². The molecule has 1 aliphatic rings. The summed E-state index contributed by atoms with van der Waals surface area (Å²) >= 11 is 0. The highest BCUT2D eigenvalue weighted by Crippen LogP contribution is 2.10. The highest BCUT2D eigenvalue weighted by molar-refractivity contribution is 5.78. The van der Waals surface area contributed by atoms with Gasteiger partial charge in [0.15, 0.2) is 0 Å². The van der Waals surface area contributed by atoms with Crippen molar-refractivity contribution in [2.45, 2.75) is 31.8 Å². The molecule has 1 aromatic carbocycles. The molecule has 0 spiro atoms. The van der Waals surface area contributed by atoms with E-state index in [0.29, 0.717) is 32.5 Å². The number of hydrogen-bond acceptors (Lipinski definition) is 3. The van der Waals surface area contributed by atoms with Gasteiger partial charge in [0.05, 0.1) is 12.6 Å². The smallest absolute Gasteiger partial charge is 0.236 e. The Morgan fingerprint density at radius 2 is 1.95 bits per heavy atom. The molecule has 1 fully saturated rings. The van der Waals surface area contributed by atoms with Crippen LogP contribution >= 0.6 is 0 Å². The van der Waals surface area contributed by atoms with E-state index in [2.05, 4.69) is 29.2 Å². The summed E-state index contributed by atoms with van der Waals surface area (Å²) in [6.45, 7) is 2.79. The number of nitrogens with zero attached hydrogens (tertiary/aromatic N) is 2. The second-order valence-corrected chi connectivity index (χ2v) is 5.94. The van der Waals surface area contributed by atoms with Crippen LogP contribution in [0.2, 0.25) is 0 Å². The molecule has 0 aromatic heterocycles. The predicted molar refractivity (Wildman–Crippen MR) is 84.1 cm³/mol.